The average Bonchev–Trinajstić information content (AvgIpc) is 2.66. The van der Waals surface area contributed by atoms with Crippen molar-refractivity contribution in [1.82, 2.24) is 0 Å². The molecule has 0 aliphatic carbocycles. The highest BCUT2D eigenvalue weighted by molar-refractivity contribution is 4.95. The number of ether oxygens (including phenoxy) is 4. The molecular weight excluding hydrogens is 591 g/mol. The molecule has 3 atom stereocenters. The maximum absolute atomic E-state index is 14.3. The maximum Gasteiger partial charge on any atom is 0.462 e. The Balaban J connectivity index is 6.13. The quantitative estimate of drug-likeness (QED) is 0.153. The van der Waals surface area contributed by atoms with E-state index in [0.29, 0.717) is 6.42 Å². The fourth-order valence-corrected chi connectivity index (χ4v) is 2.37. The summed E-state index contributed by atoms with van der Waals surface area (Å²) >= 11 is 0. The first-order chi connectivity index (χ1) is 16.5. The van der Waals surface area contributed by atoms with Gasteiger partial charge in [0.1, 0.15) is 6.61 Å². The summed E-state index contributed by atoms with van der Waals surface area (Å²) < 4.78 is 235. The normalized spacial score (nSPS) is 18.9. The molecule has 0 spiro atoms. The number of hydrogen-bond acceptors (Lipinski definition) is 4. The van der Waals surface area contributed by atoms with Crippen LogP contribution in [-0.4, -0.2) is 74.3 Å². The highest BCUT2D eigenvalue weighted by Crippen LogP contribution is 2.56. The molecule has 3 unspecified atom stereocenters. The summed E-state index contributed by atoms with van der Waals surface area (Å²) in [6.45, 7) is 0.252. The number of rotatable bonds is 14. The van der Waals surface area contributed by atoms with E-state index in [9.17, 15) is 74.6 Å². The monoisotopic (exact) mass is 610 g/mol. The lowest BCUT2D eigenvalue weighted by Gasteiger charge is -2.40. The van der Waals surface area contributed by atoms with E-state index in [1.165, 1.54) is 4.74 Å². The summed E-state index contributed by atoms with van der Waals surface area (Å²) in [7, 11) is 0. The zero-order valence-electron chi connectivity index (χ0n) is 19.0. The molecule has 0 bridgehead atoms. The van der Waals surface area contributed by atoms with Crippen LogP contribution in [0.4, 0.5) is 74.6 Å². The Morgan fingerprint density at radius 1 is 0.579 bits per heavy atom. The summed E-state index contributed by atoms with van der Waals surface area (Å²) in [6.07, 6.45) is -38.0. The van der Waals surface area contributed by atoms with Crippen molar-refractivity contribution in [2.24, 2.45) is 5.92 Å². The molecule has 0 amide bonds. The van der Waals surface area contributed by atoms with Crippen LogP contribution >= 0.6 is 0 Å². The van der Waals surface area contributed by atoms with Gasteiger partial charge in [0.25, 0.3) is 0 Å². The standard InChI is InChI=1S/C17H19F17O4/c1-4-9(8(2)3)36-6-5-35-7-10(18,13(22,23)24)37-17(33,34)12(21,15(28,29)30)38-16(31,32)11(19,20)14(25,26)27/h8-9H,4-7H2,1-3H3. The Labute approximate surface area is 202 Å². The SMILES string of the molecule is CCC(OCCOCC(F)(OC(F)(F)C(F)(OC(F)(F)C(F)(F)C(F)(F)F)C(F)(F)F)C(F)(F)F)C(C)C. The second kappa shape index (κ2) is 11.6. The fraction of sp³-hybridized carbons (Fsp3) is 1.00. The van der Waals surface area contributed by atoms with Gasteiger partial charge in [-0.2, -0.15) is 74.6 Å². The maximum atomic E-state index is 14.3. The third-order valence-electron chi connectivity index (χ3n) is 4.44. The minimum absolute atomic E-state index is 0.180. The molecule has 0 aliphatic rings. The van der Waals surface area contributed by atoms with Gasteiger partial charge < -0.3 is 9.47 Å². The van der Waals surface area contributed by atoms with Crippen molar-refractivity contribution >= 4 is 0 Å². The predicted octanol–water partition coefficient (Wildman–Crippen LogP) is 7.33. The zero-order chi connectivity index (χ0) is 30.8. The lowest BCUT2D eigenvalue weighted by atomic mass is 10.1. The van der Waals surface area contributed by atoms with E-state index in [0.717, 1.165) is 0 Å². The van der Waals surface area contributed by atoms with Crippen molar-refractivity contribution in [2.45, 2.75) is 81.7 Å². The Hall–Kier alpha value is -1.35. The van der Waals surface area contributed by atoms with Crippen LogP contribution in [0.5, 0.6) is 0 Å². The van der Waals surface area contributed by atoms with Crippen LogP contribution in [-0.2, 0) is 18.9 Å². The van der Waals surface area contributed by atoms with Crippen LogP contribution in [0, 0.1) is 5.92 Å². The van der Waals surface area contributed by atoms with Gasteiger partial charge in [-0.05, 0) is 12.3 Å². The first-order valence-corrected chi connectivity index (χ1v) is 9.84. The fourth-order valence-electron chi connectivity index (χ4n) is 2.37. The molecule has 0 N–H and O–H groups in total. The van der Waals surface area contributed by atoms with Crippen LogP contribution in [0.3, 0.4) is 0 Å². The summed E-state index contributed by atoms with van der Waals surface area (Å²) in [5, 5.41) is 0. The van der Waals surface area contributed by atoms with Crippen molar-refractivity contribution in [3.63, 3.8) is 0 Å². The largest absolute Gasteiger partial charge is 0.462 e. The van der Waals surface area contributed by atoms with E-state index in [2.05, 4.69) is 9.47 Å². The molecule has 4 nitrogen and oxygen atoms in total. The minimum atomic E-state index is -7.91. The molecule has 0 aromatic carbocycles. The van der Waals surface area contributed by atoms with E-state index >= 15 is 0 Å². The van der Waals surface area contributed by atoms with Gasteiger partial charge in [-0.15, -0.1) is 0 Å². The van der Waals surface area contributed by atoms with E-state index in [-0.39, 0.29) is 5.92 Å². The van der Waals surface area contributed by atoms with Gasteiger partial charge in [0, 0.05) is 0 Å². The van der Waals surface area contributed by atoms with Gasteiger partial charge in [0.2, 0.25) is 0 Å². The topological polar surface area (TPSA) is 36.9 Å². The molecule has 0 saturated heterocycles. The van der Waals surface area contributed by atoms with Crippen molar-refractivity contribution in [2.75, 3.05) is 19.8 Å². The molecule has 0 heterocycles. The Kier molecular flexibility index (Phi) is 11.2. The lowest BCUT2D eigenvalue weighted by molar-refractivity contribution is -0.553. The molecule has 0 radical (unpaired) electrons. The van der Waals surface area contributed by atoms with Gasteiger partial charge in [0.05, 0.1) is 19.3 Å². The zero-order valence-corrected chi connectivity index (χ0v) is 19.0. The van der Waals surface area contributed by atoms with Gasteiger partial charge in [-0.25, -0.2) is 0 Å². The first kappa shape index (κ1) is 36.6. The number of halogens is 17. The third kappa shape index (κ3) is 7.86. The van der Waals surface area contributed by atoms with Crippen molar-refractivity contribution < 1.29 is 93.6 Å². The second-order valence-corrected chi connectivity index (χ2v) is 7.74. The Morgan fingerprint density at radius 2 is 1.05 bits per heavy atom. The predicted molar refractivity (Wildman–Crippen MR) is 88.5 cm³/mol. The molecule has 0 aromatic heterocycles. The molecule has 38 heavy (non-hydrogen) atoms. The Bertz CT molecular complexity index is 748. The molecule has 0 rings (SSSR count). The number of alkyl halides is 17. The molecule has 230 valence electrons. The van der Waals surface area contributed by atoms with Crippen LogP contribution in [0.15, 0.2) is 0 Å². The van der Waals surface area contributed by atoms with Crippen LogP contribution in [0.25, 0.3) is 0 Å². The van der Waals surface area contributed by atoms with Crippen molar-refractivity contribution in [3.8, 4) is 0 Å². The second-order valence-electron chi connectivity index (χ2n) is 7.74. The highest BCUT2D eigenvalue weighted by Gasteiger charge is 2.85. The van der Waals surface area contributed by atoms with Crippen molar-refractivity contribution in [1.29, 1.82) is 0 Å². The molecule has 21 heteroatoms. The number of hydrogen-bond donors (Lipinski definition) is 0. The summed E-state index contributed by atoms with van der Waals surface area (Å²) in [6, 6.07) is 0. The molecular formula is C17H19F17O4. The van der Waals surface area contributed by atoms with E-state index in [4.69, 9.17) is 4.74 Å². The molecule has 0 saturated carbocycles. The minimum Gasteiger partial charge on any atom is -0.376 e. The first-order valence-electron chi connectivity index (χ1n) is 9.84. The summed E-state index contributed by atoms with van der Waals surface area (Å²) in [5.41, 5.74) is 0. The van der Waals surface area contributed by atoms with Gasteiger partial charge in [0.15, 0.2) is 0 Å². The van der Waals surface area contributed by atoms with Crippen LogP contribution in [0.1, 0.15) is 27.2 Å². The van der Waals surface area contributed by atoms with E-state index in [1.54, 1.807) is 20.8 Å². The summed E-state index contributed by atoms with van der Waals surface area (Å²) in [4.78, 5) is 0. The van der Waals surface area contributed by atoms with E-state index in [1.807, 2.05) is 0 Å². The van der Waals surface area contributed by atoms with Gasteiger partial charge >= 0.3 is 48.4 Å². The smallest absolute Gasteiger partial charge is 0.376 e. The van der Waals surface area contributed by atoms with Crippen LogP contribution < -0.4 is 0 Å². The molecule has 0 aromatic rings. The molecule has 0 fully saturated rings. The van der Waals surface area contributed by atoms with Gasteiger partial charge in [-0.3, -0.25) is 9.47 Å². The van der Waals surface area contributed by atoms with Crippen molar-refractivity contribution in [3.05, 3.63) is 0 Å². The highest BCUT2D eigenvalue weighted by atomic mass is 19.4. The van der Waals surface area contributed by atoms with Crippen LogP contribution in [0.2, 0.25) is 0 Å². The average molecular weight is 610 g/mol. The Morgan fingerprint density at radius 3 is 1.39 bits per heavy atom. The lowest BCUT2D eigenvalue weighted by Crippen LogP contribution is -2.67. The van der Waals surface area contributed by atoms with E-state index < -0.39 is 74.3 Å². The molecule has 0 aliphatic heterocycles. The third-order valence-corrected chi connectivity index (χ3v) is 4.44. The summed E-state index contributed by atoms with van der Waals surface area (Å²) in [5.74, 6) is -22.1. The van der Waals surface area contributed by atoms with Gasteiger partial charge in [-0.1, -0.05) is 20.8 Å².